The molecule has 0 bridgehead atoms. The molecular formula is C32H32O8S2. The van der Waals surface area contributed by atoms with Crippen LogP contribution in [0.25, 0.3) is 0 Å². The van der Waals surface area contributed by atoms with Gasteiger partial charge in [-0.25, -0.2) is 24.2 Å². The van der Waals surface area contributed by atoms with Gasteiger partial charge in [-0.05, 0) is 42.0 Å². The summed E-state index contributed by atoms with van der Waals surface area (Å²) in [5.41, 5.74) is 0.967. The Bertz CT molecular complexity index is 1300. The minimum Gasteiger partial charge on any atom is -0.458 e. The van der Waals surface area contributed by atoms with E-state index in [2.05, 4.69) is 13.2 Å². The standard InChI is InChI=1S/C32H32O8S2/c1-3-30(33)39-26(22-41-28-14-7-5-8-15-28)20-36-32(35)25-13-11-12-24(18-25)19-37-38-21-27(40-31(34)4-2)23-42-29-16-9-6-10-17-29/h3-18,26-27H,1-2,19-23H2. The van der Waals surface area contributed by atoms with Gasteiger partial charge in [0.1, 0.15) is 32.0 Å². The summed E-state index contributed by atoms with van der Waals surface area (Å²) in [4.78, 5) is 49.0. The number of carbonyl (C=O) groups is 3. The third-order valence-electron chi connectivity index (χ3n) is 5.38. The summed E-state index contributed by atoms with van der Waals surface area (Å²) in [7, 11) is 0. The van der Waals surface area contributed by atoms with Gasteiger partial charge in [0.25, 0.3) is 0 Å². The van der Waals surface area contributed by atoms with E-state index in [1.807, 2.05) is 60.7 Å². The lowest BCUT2D eigenvalue weighted by Gasteiger charge is -2.17. The summed E-state index contributed by atoms with van der Waals surface area (Å²) < 4.78 is 16.2. The van der Waals surface area contributed by atoms with Crippen LogP contribution in [0.2, 0.25) is 0 Å². The largest absolute Gasteiger partial charge is 0.458 e. The van der Waals surface area contributed by atoms with Gasteiger partial charge in [-0.3, -0.25) is 0 Å². The van der Waals surface area contributed by atoms with Crippen LogP contribution in [-0.2, 0) is 40.2 Å². The van der Waals surface area contributed by atoms with Gasteiger partial charge in [-0.2, -0.15) is 0 Å². The molecule has 0 aliphatic heterocycles. The highest BCUT2D eigenvalue weighted by Gasteiger charge is 2.18. The first kappa shape index (κ1) is 32.7. The van der Waals surface area contributed by atoms with E-state index in [-0.39, 0.29) is 19.8 Å². The molecule has 0 amide bonds. The molecular weight excluding hydrogens is 576 g/mol. The fourth-order valence-electron chi connectivity index (χ4n) is 3.34. The van der Waals surface area contributed by atoms with E-state index < -0.39 is 30.1 Å². The molecule has 0 heterocycles. The van der Waals surface area contributed by atoms with Crippen molar-refractivity contribution < 1.29 is 38.4 Å². The summed E-state index contributed by atoms with van der Waals surface area (Å²) in [6, 6.07) is 26.0. The number of hydrogen-bond donors (Lipinski definition) is 0. The molecule has 0 aromatic heterocycles. The van der Waals surface area contributed by atoms with Crippen LogP contribution in [0.15, 0.2) is 120 Å². The Labute approximate surface area is 254 Å². The van der Waals surface area contributed by atoms with Crippen LogP contribution in [0.3, 0.4) is 0 Å². The van der Waals surface area contributed by atoms with Gasteiger partial charge in [0.2, 0.25) is 0 Å². The Kier molecular flexibility index (Phi) is 14.5. The molecule has 0 radical (unpaired) electrons. The van der Waals surface area contributed by atoms with Gasteiger partial charge in [0, 0.05) is 33.4 Å². The number of benzene rings is 3. The lowest BCUT2D eigenvalue weighted by Crippen LogP contribution is -2.27. The van der Waals surface area contributed by atoms with Gasteiger partial charge < -0.3 is 14.2 Å². The van der Waals surface area contributed by atoms with E-state index in [4.69, 9.17) is 24.0 Å². The molecule has 0 saturated carbocycles. The Morgan fingerprint density at radius 3 is 1.79 bits per heavy atom. The van der Waals surface area contributed by atoms with Gasteiger partial charge in [0.05, 0.1) is 5.56 Å². The molecule has 2 atom stereocenters. The minimum atomic E-state index is -0.659. The van der Waals surface area contributed by atoms with Crippen LogP contribution in [0, 0.1) is 0 Å². The van der Waals surface area contributed by atoms with Crippen LogP contribution in [0.1, 0.15) is 15.9 Å². The van der Waals surface area contributed by atoms with Crippen molar-refractivity contribution in [1.82, 2.24) is 0 Å². The van der Waals surface area contributed by atoms with Gasteiger partial charge in [0.15, 0.2) is 0 Å². The van der Waals surface area contributed by atoms with Gasteiger partial charge in [-0.1, -0.05) is 61.7 Å². The predicted molar refractivity (Wildman–Crippen MR) is 162 cm³/mol. The fraction of sp³-hybridized carbons (Fsp3) is 0.219. The van der Waals surface area contributed by atoms with Gasteiger partial charge in [-0.15, -0.1) is 23.5 Å². The number of esters is 3. The molecule has 3 aromatic carbocycles. The van der Waals surface area contributed by atoms with Crippen molar-refractivity contribution in [2.75, 3.05) is 24.7 Å². The van der Waals surface area contributed by atoms with Crippen LogP contribution in [-0.4, -0.2) is 54.8 Å². The van der Waals surface area contributed by atoms with E-state index in [9.17, 15) is 14.4 Å². The number of rotatable bonds is 18. The number of hydrogen-bond acceptors (Lipinski definition) is 10. The SMILES string of the molecule is C=CC(=O)OC(COOCc1cccc(C(=O)OCC(CSc2ccccc2)OC(=O)C=C)c1)CSc1ccccc1. The summed E-state index contributed by atoms with van der Waals surface area (Å²) >= 11 is 3.00. The van der Waals surface area contributed by atoms with E-state index >= 15 is 0 Å². The van der Waals surface area contributed by atoms with Crippen molar-refractivity contribution in [3.05, 3.63) is 121 Å². The zero-order valence-corrected chi connectivity index (χ0v) is 24.6. The maximum atomic E-state index is 12.7. The first-order valence-electron chi connectivity index (χ1n) is 13.0. The number of thioether (sulfide) groups is 2. The number of carbonyl (C=O) groups excluding carboxylic acids is 3. The maximum absolute atomic E-state index is 12.7. The normalized spacial score (nSPS) is 12.0. The van der Waals surface area contributed by atoms with Crippen molar-refractivity contribution in [3.63, 3.8) is 0 Å². The molecule has 3 rings (SSSR count). The van der Waals surface area contributed by atoms with Crippen LogP contribution in [0.4, 0.5) is 0 Å². The molecule has 0 aliphatic rings. The van der Waals surface area contributed by atoms with Crippen LogP contribution in [0.5, 0.6) is 0 Å². The lowest BCUT2D eigenvalue weighted by atomic mass is 10.1. The third kappa shape index (κ3) is 12.4. The first-order chi connectivity index (χ1) is 20.5. The summed E-state index contributed by atoms with van der Waals surface area (Å²) in [5, 5.41) is 0. The molecule has 42 heavy (non-hydrogen) atoms. The Hall–Kier alpha value is -3.83. The highest BCUT2D eigenvalue weighted by molar-refractivity contribution is 7.99. The molecule has 2 unspecified atom stereocenters. The van der Waals surface area contributed by atoms with Crippen molar-refractivity contribution in [2.24, 2.45) is 0 Å². The van der Waals surface area contributed by atoms with Crippen LogP contribution < -0.4 is 0 Å². The molecule has 0 fully saturated rings. The molecule has 0 spiro atoms. The lowest BCUT2D eigenvalue weighted by molar-refractivity contribution is -0.313. The van der Waals surface area contributed by atoms with Crippen molar-refractivity contribution in [1.29, 1.82) is 0 Å². The molecule has 3 aromatic rings. The minimum absolute atomic E-state index is 0.00690. The topological polar surface area (TPSA) is 97.4 Å². The highest BCUT2D eigenvalue weighted by Crippen LogP contribution is 2.21. The molecule has 220 valence electrons. The fourth-order valence-corrected chi connectivity index (χ4v) is 5.13. The Morgan fingerprint density at radius 1 is 0.690 bits per heavy atom. The summed E-state index contributed by atoms with van der Waals surface area (Å²) in [6.07, 6.45) is 0.943. The summed E-state index contributed by atoms with van der Waals surface area (Å²) in [6.45, 7) is 6.79. The van der Waals surface area contributed by atoms with E-state index in [1.165, 1.54) is 23.5 Å². The van der Waals surface area contributed by atoms with Gasteiger partial charge >= 0.3 is 17.9 Å². The zero-order valence-electron chi connectivity index (χ0n) is 22.9. The van der Waals surface area contributed by atoms with Crippen molar-refractivity contribution >= 4 is 41.4 Å². The second kappa shape index (κ2) is 18.6. The second-order valence-corrected chi connectivity index (χ2v) is 10.8. The van der Waals surface area contributed by atoms with Crippen LogP contribution >= 0.6 is 23.5 Å². The number of ether oxygens (including phenoxy) is 3. The molecule has 0 aliphatic carbocycles. The molecule has 0 saturated heterocycles. The average Bonchev–Trinajstić information content (AvgIpc) is 3.03. The monoisotopic (exact) mass is 608 g/mol. The van der Waals surface area contributed by atoms with E-state index in [0.717, 1.165) is 21.9 Å². The Balaban J connectivity index is 1.48. The zero-order chi connectivity index (χ0) is 30.0. The quantitative estimate of drug-likeness (QED) is 0.0322. The van der Waals surface area contributed by atoms with Crippen molar-refractivity contribution in [2.45, 2.75) is 28.6 Å². The average molecular weight is 609 g/mol. The summed E-state index contributed by atoms with van der Waals surface area (Å²) in [5.74, 6) is -0.861. The third-order valence-corrected chi connectivity index (χ3v) is 7.67. The van der Waals surface area contributed by atoms with E-state index in [1.54, 1.807) is 24.3 Å². The van der Waals surface area contributed by atoms with Crippen molar-refractivity contribution in [3.8, 4) is 0 Å². The Morgan fingerprint density at radius 2 is 1.24 bits per heavy atom. The molecule has 8 nitrogen and oxygen atoms in total. The molecule has 0 N–H and O–H groups in total. The smallest absolute Gasteiger partial charge is 0.338 e. The van der Waals surface area contributed by atoms with E-state index in [0.29, 0.717) is 22.6 Å². The second-order valence-electron chi connectivity index (χ2n) is 8.62. The predicted octanol–water partition coefficient (Wildman–Crippen LogP) is 6.07. The maximum Gasteiger partial charge on any atom is 0.338 e. The highest BCUT2D eigenvalue weighted by atomic mass is 32.2. The first-order valence-corrected chi connectivity index (χ1v) is 15.0. The molecule has 10 heteroatoms.